The molecule has 1 aliphatic heterocycles. The van der Waals surface area contributed by atoms with Crippen LogP contribution in [0.15, 0.2) is 24.3 Å². The monoisotopic (exact) mass is 276 g/mol. The van der Waals surface area contributed by atoms with Crippen LogP contribution in [-0.2, 0) is 4.79 Å². The Bertz CT molecular complexity index is 484. The molecule has 1 aliphatic rings. The Labute approximate surface area is 118 Å². The van der Waals surface area contributed by atoms with E-state index in [1.807, 2.05) is 0 Å². The maximum Gasteiger partial charge on any atom is 0.316 e. The minimum Gasteiger partial charge on any atom is -0.351 e. The van der Waals surface area contributed by atoms with E-state index in [0.29, 0.717) is 23.7 Å². The maximum atomic E-state index is 11.9. The van der Waals surface area contributed by atoms with Crippen molar-refractivity contribution in [1.29, 1.82) is 0 Å². The molecule has 0 aromatic heterocycles. The second kappa shape index (κ2) is 6.91. The lowest BCUT2D eigenvalue weighted by atomic mass is 10.0. The Morgan fingerprint density at radius 2 is 2.05 bits per heavy atom. The highest BCUT2D eigenvalue weighted by Crippen LogP contribution is 2.17. The summed E-state index contributed by atoms with van der Waals surface area (Å²) in [7, 11) is 0. The van der Waals surface area contributed by atoms with E-state index in [1.54, 1.807) is 24.3 Å². The average molecular weight is 276 g/mol. The standard InChI is InChI=1S/C14H20N4O2/c15-14(20)18-12-3-1-2-11(8-12)17-13(19)5-4-10-6-7-16-9-10/h1-3,8,10,16H,4-7,9H2,(H,17,19)(H3,15,18,20). The Hall–Kier alpha value is -2.08. The molecule has 6 nitrogen and oxygen atoms in total. The van der Waals surface area contributed by atoms with Gasteiger partial charge in [0.15, 0.2) is 0 Å². The fraction of sp³-hybridized carbons (Fsp3) is 0.429. The average Bonchev–Trinajstić information content (AvgIpc) is 2.89. The van der Waals surface area contributed by atoms with Gasteiger partial charge in [-0.3, -0.25) is 4.79 Å². The van der Waals surface area contributed by atoms with Crippen molar-refractivity contribution in [1.82, 2.24) is 5.32 Å². The van der Waals surface area contributed by atoms with Crippen LogP contribution in [0.4, 0.5) is 16.2 Å². The number of hydrogen-bond donors (Lipinski definition) is 4. The highest BCUT2D eigenvalue weighted by molar-refractivity contribution is 5.93. The summed E-state index contributed by atoms with van der Waals surface area (Å²) in [6.07, 6.45) is 2.56. The Balaban J connectivity index is 1.82. The summed E-state index contributed by atoms with van der Waals surface area (Å²) in [6.45, 7) is 2.05. The molecule has 0 radical (unpaired) electrons. The van der Waals surface area contributed by atoms with Crippen molar-refractivity contribution in [2.24, 2.45) is 11.7 Å². The quantitative estimate of drug-likeness (QED) is 0.656. The lowest BCUT2D eigenvalue weighted by molar-refractivity contribution is -0.116. The first kappa shape index (κ1) is 14.3. The van der Waals surface area contributed by atoms with Crippen molar-refractivity contribution in [3.05, 3.63) is 24.3 Å². The van der Waals surface area contributed by atoms with Crippen molar-refractivity contribution < 1.29 is 9.59 Å². The van der Waals surface area contributed by atoms with Gasteiger partial charge in [0.25, 0.3) is 0 Å². The molecular weight excluding hydrogens is 256 g/mol. The van der Waals surface area contributed by atoms with E-state index in [1.165, 1.54) is 0 Å². The van der Waals surface area contributed by atoms with Gasteiger partial charge in [0, 0.05) is 17.8 Å². The third-order valence-electron chi connectivity index (χ3n) is 3.36. The van der Waals surface area contributed by atoms with Crippen LogP contribution in [-0.4, -0.2) is 25.0 Å². The summed E-state index contributed by atoms with van der Waals surface area (Å²) in [5.74, 6) is 0.594. The van der Waals surface area contributed by atoms with Crippen LogP contribution < -0.4 is 21.7 Å². The van der Waals surface area contributed by atoms with E-state index in [9.17, 15) is 9.59 Å². The molecule has 0 bridgehead atoms. The number of anilines is 2. The number of carbonyl (C=O) groups is 2. The SMILES string of the molecule is NC(=O)Nc1cccc(NC(=O)CCC2CCNC2)c1. The van der Waals surface area contributed by atoms with E-state index in [0.717, 1.165) is 25.9 Å². The molecule has 1 fully saturated rings. The highest BCUT2D eigenvalue weighted by atomic mass is 16.2. The third kappa shape index (κ3) is 4.55. The topological polar surface area (TPSA) is 96.2 Å². The minimum absolute atomic E-state index is 0.00637. The summed E-state index contributed by atoms with van der Waals surface area (Å²) in [5.41, 5.74) is 6.27. The number of rotatable bonds is 5. The molecule has 1 saturated heterocycles. The van der Waals surface area contributed by atoms with Crippen molar-refractivity contribution in [2.75, 3.05) is 23.7 Å². The molecule has 1 atom stereocenters. The van der Waals surface area contributed by atoms with Crippen molar-refractivity contribution in [3.63, 3.8) is 0 Å². The van der Waals surface area contributed by atoms with Gasteiger partial charge in [-0.25, -0.2) is 4.79 Å². The molecule has 1 aromatic carbocycles. The number of nitrogens with one attached hydrogen (secondary N) is 3. The fourth-order valence-electron chi connectivity index (χ4n) is 2.34. The number of urea groups is 1. The van der Waals surface area contributed by atoms with Gasteiger partial charge in [-0.05, 0) is 50.0 Å². The lowest BCUT2D eigenvalue weighted by Crippen LogP contribution is -2.19. The van der Waals surface area contributed by atoms with Gasteiger partial charge in [-0.1, -0.05) is 6.07 Å². The van der Waals surface area contributed by atoms with Crippen LogP contribution in [0.1, 0.15) is 19.3 Å². The minimum atomic E-state index is -0.623. The molecule has 0 saturated carbocycles. The number of primary amides is 1. The molecule has 3 amide bonds. The smallest absolute Gasteiger partial charge is 0.316 e. The molecule has 108 valence electrons. The van der Waals surface area contributed by atoms with Gasteiger partial charge >= 0.3 is 6.03 Å². The molecule has 1 heterocycles. The van der Waals surface area contributed by atoms with Gasteiger partial charge in [0.1, 0.15) is 0 Å². The zero-order valence-corrected chi connectivity index (χ0v) is 11.3. The zero-order chi connectivity index (χ0) is 14.4. The van der Waals surface area contributed by atoms with Crippen LogP contribution in [0, 0.1) is 5.92 Å². The Morgan fingerprint density at radius 1 is 1.30 bits per heavy atom. The number of nitrogens with two attached hydrogens (primary N) is 1. The fourth-order valence-corrected chi connectivity index (χ4v) is 2.34. The molecule has 1 aromatic rings. The molecule has 6 heteroatoms. The summed E-state index contributed by atoms with van der Waals surface area (Å²) >= 11 is 0. The summed E-state index contributed by atoms with van der Waals surface area (Å²) in [6, 6.07) is 6.30. The molecule has 0 spiro atoms. The lowest BCUT2D eigenvalue weighted by Gasteiger charge is -2.10. The first-order valence-corrected chi connectivity index (χ1v) is 6.80. The van der Waals surface area contributed by atoms with Crippen LogP contribution in [0.25, 0.3) is 0 Å². The second-order valence-electron chi connectivity index (χ2n) is 5.02. The predicted molar refractivity (Wildman–Crippen MR) is 78.5 cm³/mol. The maximum absolute atomic E-state index is 11.9. The van der Waals surface area contributed by atoms with E-state index < -0.39 is 6.03 Å². The van der Waals surface area contributed by atoms with Gasteiger partial charge in [-0.15, -0.1) is 0 Å². The number of carbonyl (C=O) groups excluding carboxylic acids is 2. The molecule has 20 heavy (non-hydrogen) atoms. The highest BCUT2D eigenvalue weighted by Gasteiger charge is 2.15. The van der Waals surface area contributed by atoms with E-state index in [-0.39, 0.29) is 5.91 Å². The number of benzene rings is 1. The summed E-state index contributed by atoms with van der Waals surface area (Å²) in [4.78, 5) is 22.6. The first-order chi connectivity index (χ1) is 9.63. The molecular formula is C14H20N4O2. The summed E-state index contributed by atoms with van der Waals surface area (Å²) < 4.78 is 0. The van der Waals surface area contributed by atoms with Gasteiger partial charge in [0.2, 0.25) is 5.91 Å². The number of amides is 3. The van der Waals surface area contributed by atoms with E-state index in [4.69, 9.17) is 5.73 Å². The van der Waals surface area contributed by atoms with Crippen LogP contribution in [0.5, 0.6) is 0 Å². The summed E-state index contributed by atoms with van der Waals surface area (Å²) in [5, 5.41) is 8.59. The number of hydrogen-bond acceptors (Lipinski definition) is 3. The van der Waals surface area contributed by atoms with Gasteiger partial charge < -0.3 is 21.7 Å². The largest absolute Gasteiger partial charge is 0.351 e. The van der Waals surface area contributed by atoms with Gasteiger partial charge in [0.05, 0.1) is 0 Å². The Kier molecular flexibility index (Phi) is 4.95. The van der Waals surface area contributed by atoms with Gasteiger partial charge in [-0.2, -0.15) is 0 Å². The predicted octanol–water partition coefficient (Wildman–Crippen LogP) is 1.51. The van der Waals surface area contributed by atoms with Crippen molar-refractivity contribution in [2.45, 2.75) is 19.3 Å². The molecule has 0 aliphatic carbocycles. The zero-order valence-electron chi connectivity index (χ0n) is 11.3. The van der Waals surface area contributed by atoms with Crippen LogP contribution in [0.2, 0.25) is 0 Å². The van der Waals surface area contributed by atoms with Crippen LogP contribution >= 0.6 is 0 Å². The second-order valence-corrected chi connectivity index (χ2v) is 5.02. The van der Waals surface area contributed by atoms with E-state index in [2.05, 4.69) is 16.0 Å². The third-order valence-corrected chi connectivity index (χ3v) is 3.36. The normalized spacial score (nSPS) is 17.7. The Morgan fingerprint density at radius 3 is 2.70 bits per heavy atom. The van der Waals surface area contributed by atoms with E-state index >= 15 is 0 Å². The van der Waals surface area contributed by atoms with Crippen LogP contribution in [0.3, 0.4) is 0 Å². The van der Waals surface area contributed by atoms with Crippen molar-refractivity contribution >= 4 is 23.3 Å². The molecule has 5 N–H and O–H groups in total. The van der Waals surface area contributed by atoms with Crippen molar-refractivity contribution in [3.8, 4) is 0 Å². The molecule has 2 rings (SSSR count). The molecule has 1 unspecified atom stereocenters. The first-order valence-electron chi connectivity index (χ1n) is 6.80.